The highest BCUT2D eigenvalue weighted by atomic mass is 35.5. The summed E-state index contributed by atoms with van der Waals surface area (Å²) in [6, 6.07) is 5.23. The van der Waals surface area contributed by atoms with E-state index in [1.807, 2.05) is 6.08 Å². The molecule has 2 atom stereocenters. The van der Waals surface area contributed by atoms with Crippen molar-refractivity contribution in [2.45, 2.75) is 31.6 Å². The Morgan fingerprint density at radius 1 is 1.42 bits per heavy atom. The van der Waals surface area contributed by atoms with Gasteiger partial charge in [-0.2, -0.15) is 4.73 Å². The third kappa shape index (κ3) is 2.84. The predicted octanol–water partition coefficient (Wildman–Crippen LogP) is 3.47. The minimum atomic E-state index is -0.775. The molecule has 6 nitrogen and oxygen atoms in total. The maximum absolute atomic E-state index is 10.8. The van der Waals surface area contributed by atoms with E-state index >= 15 is 0 Å². The highest BCUT2D eigenvalue weighted by Gasteiger charge is 2.35. The monoisotopic (exact) mass is 373 g/mol. The van der Waals surface area contributed by atoms with Crippen molar-refractivity contribution < 1.29 is 14.7 Å². The largest absolute Gasteiger partial charge is 0.445 e. The van der Waals surface area contributed by atoms with Crippen molar-refractivity contribution in [1.29, 1.82) is 5.41 Å². The number of amides is 1. The van der Waals surface area contributed by atoms with Gasteiger partial charge in [-0.15, -0.1) is 0 Å². The Balaban J connectivity index is 1.76. The van der Waals surface area contributed by atoms with Gasteiger partial charge in [0.2, 0.25) is 0 Å². The Bertz CT molecular complexity index is 996. The Kier molecular flexibility index (Phi) is 4.15. The van der Waals surface area contributed by atoms with Crippen LogP contribution in [0.4, 0.5) is 4.79 Å². The van der Waals surface area contributed by atoms with Crippen LogP contribution in [0.25, 0.3) is 10.9 Å². The summed E-state index contributed by atoms with van der Waals surface area (Å²) in [7, 11) is 0. The summed E-state index contributed by atoms with van der Waals surface area (Å²) in [4.78, 5) is 10.7. The summed E-state index contributed by atoms with van der Waals surface area (Å²) >= 11 is 6.07. The molecule has 4 rings (SSSR count). The zero-order valence-corrected chi connectivity index (χ0v) is 14.9. The van der Waals surface area contributed by atoms with Crippen LogP contribution in [0.15, 0.2) is 29.8 Å². The number of benzene rings is 1. The number of pyridine rings is 1. The molecular weight excluding hydrogens is 354 g/mol. The number of hydrogen-bond acceptors (Lipinski definition) is 4. The number of nitrogens with zero attached hydrogens (tertiary/aromatic N) is 1. The summed E-state index contributed by atoms with van der Waals surface area (Å²) in [5.41, 5.74) is 8.54. The first-order valence-electron chi connectivity index (χ1n) is 8.65. The molecule has 1 saturated carbocycles. The number of halogens is 1. The second-order valence-electron chi connectivity index (χ2n) is 7.11. The van der Waals surface area contributed by atoms with Crippen molar-refractivity contribution >= 4 is 28.6 Å². The smallest absolute Gasteiger partial charge is 0.404 e. The van der Waals surface area contributed by atoms with E-state index in [9.17, 15) is 10.0 Å². The number of nitrogens with one attached hydrogen (secondary N) is 1. The Morgan fingerprint density at radius 2 is 2.23 bits per heavy atom. The molecule has 7 heteroatoms. The van der Waals surface area contributed by atoms with E-state index in [-0.39, 0.29) is 12.5 Å². The van der Waals surface area contributed by atoms with Gasteiger partial charge >= 0.3 is 6.09 Å². The number of hydrogen-bond donors (Lipinski definition) is 3. The topological polar surface area (TPSA) is 101 Å². The van der Waals surface area contributed by atoms with E-state index < -0.39 is 6.09 Å². The molecule has 0 radical (unpaired) electrons. The number of primary amides is 1. The number of rotatable bonds is 2. The molecule has 1 aromatic heterocycles. The van der Waals surface area contributed by atoms with E-state index in [2.05, 4.69) is 0 Å². The number of fused-ring (bicyclic) bond motifs is 5. The van der Waals surface area contributed by atoms with E-state index in [1.165, 1.54) is 10.3 Å². The first kappa shape index (κ1) is 17.0. The maximum atomic E-state index is 10.8. The number of aromatic nitrogens is 1. The predicted molar refractivity (Wildman–Crippen MR) is 97.4 cm³/mol. The fourth-order valence-corrected chi connectivity index (χ4v) is 4.64. The van der Waals surface area contributed by atoms with Crippen molar-refractivity contribution in [2.24, 2.45) is 11.7 Å². The Labute approximate surface area is 155 Å². The minimum absolute atomic E-state index is 0.181. The number of carbonyl (C=O) groups is 1. The number of ether oxygens (including phenoxy) is 1. The van der Waals surface area contributed by atoms with Crippen LogP contribution in [0, 0.1) is 11.3 Å². The zero-order chi connectivity index (χ0) is 18.4. The van der Waals surface area contributed by atoms with Crippen LogP contribution in [0.5, 0.6) is 0 Å². The van der Waals surface area contributed by atoms with Crippen LogP contribution < -0.4 is 11.1 Å². The molecule has 1 fully saturated rings. The van der Waals surface area contributed by atoms with Crippen molar-refractivity contribution in [2.75, 3.05) is 6.61 Å². The molecule has 2 aromatic rings. The summed E-state index contributed by atoms with van der Waals surface area (Å²) in [6.45, 7) is 0.181. The lowest BCUT2D eigenvalue weighted by atomic mass is 9.68. The molecule has 2 aliphatic carbocycles. The third-order valence-electron chi connectivity index (χ3n) is 5.46. The summed E-state index contributed by atoms with van der Waals surface area (Å²) in [5.74, 6) is 0.582. The lowest BCUT2D eigenvalue weighted by Gasteiger charge is -2.38. The Morgan fingerprint density at radius 3 is 3.00 bits per heavy atom. The maximum Gasteiger partial charge on any atom is 0.404 e. The fraction of sp³-hybridized carbons (Fsp3) is 0.368. The van der Waals surface area contributed by atoms with Gasteiger partial charge in [0.1, 0.15) is 6.61 Å². The summed E-state index contributed by atoms with van der Waals surface area (Å²) in [5, 5.41) is 21.2. The van der Waals surface area contributed by atoms with Crippen LogP contribution in [-0.2, 0) is 11.2 Å². The van der Waals surface area contributed by atoms with Crippen molar-refractivity contribution in [3.8, 4) is 0 Å². The molecule has 1 heterocycles. The molecule has 136 valence electrons. The first-order chi connectivity index (χ1) is 12.4. The van der Waals surface area contributed by atoms with Crippen molar-refractivity contribution in [1.82, 2.24) is 4.73 Å². The van der Waals surface area contributed by atoms with Gasteiger partial charge in [0.05, 0.1) is 16.6 Å². The van der Waals surface area contributed by atoms with Gasteiger partial charge in [0.15, 0.2) is 0 Å². The molecule has 0 saturated heterocycles. The van der Waals surface area contributed by atoms with E-state index in [0.29, 0.717) is 33.6 Å². The average molecular weight is 374 g/mol. The van der Waals surface area contributed by atoms with Gasteiger partial charge in [-0.05, 0) is 61.8 Å². The number of nitrogens with two attached hydrogens (primary N) is 1. The van der Waals surface area contributed by atoms with E-state index in [1.54, 1.807) is 18.2 Å². The van der Waals surface area contributed by atoms with Crippen LogP contribution in [0.2, 0.25) is 5.02 Å². The molecule has 26 heavy (non-hydrogen) atoms. The van der Waals surface area contributed by atoms with E-state index in [0.717, 1.165) is 30.5 Å². The zero-order valence-electron chi connectivity index (χ0n) is 14.2. The van der Waals surface area contributed by atoms with Gasteiger partial charge in [0, 0.05) is 16.0 Å². The average Bonchev–Trinajstić information content (AvgIpc) is 2.58. The normalized spacial score (nSPS) is 23.0. The van der Waals surface area contributed by atoms with Gasteiger partial charge in [-0.3, -0.25) is 5.41 Å². The highest BCUT2D eigenvalue weighted by molar-refractivity contribution is 6.31. The molecule has 2 unspecified atom stereocenters. The second kappa shape index (κ2) is 6.36. The van der Waals surface area contributed by atoms with Crippen LogP contribution in [-0.4, -0.2) is 22.6 Å². The van der Waals surface area contributed by atoms with Crippen LogP contribution in [0.3, 0.4) is 0 Å². The quantitative estimate of drug-likeness (QED) is 0.554. The lowest BCUT2D eigenvalue weighted by Crippen LogP contribution is -2.33. The lowest BCUT2D eigenvalue weighted by molar-refractivity contribution is 0.167. The minimum Gasteiger partial charge on any atom is -0.445 e. The standard InChI is InChI=1S/C19H20ClN3O3/c20-13-1-2-14-15(9-13)23(25)16-8-11-5-10(3-4-26-19(22)24)6-12(7-11)17(16)18(14)21/h1-3,9,11-12,21,25H,4-8H2,(H2,22,24)/b10-3-,21-18?. The Hall–Kier alpha value is -2.47. The molecular formula is C19H20ClN3O3. The third-order valence-corrected chi connectivity index (χ3v) is 5.69. The van der Waals surface area contributed by atoms with Crippen molar-refractivity contribution in [3.05, 3.63) is 51.5 Å². The molecule has 0 aliphatic heterocycles. The second-order valence-corrected chi connectivity index (χ2v) is 7.55. The van der Waals surface area contributed by atoms with Gasteiger partial charge < -0.3 is 15.7 Å². The molecule has 2 aliphatic rings. The summed E-state index contributed by atoms with van der Waals surface area (Å²) < 4.78 is 6.04. The van der Waals surface area contributed by atoms with Gasteiger partial charge in [-0.1, -0.05) is 17.2 Å². The molecule has 1 amide bonds. The molecule has 1 aromatic carbocycles. The van der Waals surface area contributed by atoms with Crippen LogP contribution in [0.1, 0.15) is 36.4 Å². The SMILES string of the molecule is N=c1c2c(n(O)c3cc(Cl)ccc13)CC1C/C(=C/COC(N)=O)CC2C1. The molecule has 0 spiro atoms. The van der Waals surface area contributed by atoms with Crippen LogP contribution >= 0.6 is 11.6 Å². The van der Waals surface area contributed by atoms with Gasteiger partial charge in [-0.25, -0.2) is 4.79 Å². The highest BCUT2D eigenvalue weighted by Crippen LogP contribution is 2.45. The van der Waals surface area contributed by atoms with E-state index in [4.69, 9.17) is 27.5 Å². The van der Waals surface area contributed by atoms with Crippen molar-refractivity contribution in [3.63, 3.8) is 0 Å². The fourth-order valence-electron chi connectivity index (χ4n) is 4.47. The first-order valence-corrected chi connectivity index (χ1v) is 9.03. The summed E-state index contributed by atoms with van der Waals surface area (Å²) in [6.07, 6.45) is 4.57. The number of allylic oxidation sites excluding steroid dienone is 1. The molecule has 2 bridgehead atoms. The van der Waals surface area contributed by atoms with Gasteiger partial charge in [0.25, 0.3) is 0 Å². The number of carbonyl (C=O) groups excluding carboxylic acids is 1. The molecule has 4 N–H and O–H groups in total.